The van der Waals surface area contributed by atoms with Gasteiger partial charge >= 0.3 is 0 Å². The van der Waals surface area contributed by atoms with Crippen LogP contribution in [0.5, 0.6) is 5.75 Å². The number of carbonyl (C=O) groups is 2. The van der Waals surface area contributed by atoms with Crippen LogP contribution in [-0.4, -0.2) is 36.4 Å². The van der Waals surface area contributed by atoms with Crippen molar-refractivity contribution >= 4 is 22.6 Å². The van der Waals surface area contributed by atoms with E-state index in [1.54, 1.807) is 12.0 Å². The molecular weight excluding hydrogens is 424 g/mol. The quantitative estimate of drug-likeness (QED) is 0.419. The third-order valence-corrected chi connectivity index (χ3v) is 6.05. The first kappa shape index (κ1) is 25.3. The lowest BCUT2D eigenvalue weighted by Gasteiger charge is -2.31. The summed E-state index contributed by atoms with van der Waals surface area (Å²) in [5.41, 5.74) is 2.08. The van der Waals surface area contributed by atoms with E-state index < -0.39 is 6.04 Å². The SMILES string of the molecule is CC[C@@H](C(=O)NCC(C)C)N(Cc1cccc(OC)c1)C(=O)CCc1cccc2ccccc12. The molecule has 3 aromatic carbocycles. The highest BCUT2D eigenvalue weighted by Crippen LogP contribution is 2.22. The molecule has 0 radical (unpaired) electrons. The Morgan fingerprint density at radius 3 is 2.47 bits per heavy atom. The van der Waals surface area contributed by atoms with Crippen molar-refractivity contribution in [1.82, 2.24) is 10.2 Å². The fourth-order valence-corrected chi connectivity index (χ4v) is 4.21. The van der Waals surface area contributed by atoms with Crippen molar-refractivity contribution in [2.24, 2.45) is 5.92 Å². The molecule has 1 N–H and O–H groups in total. The third kappa shape index (κ3) is 6.60. The summed E-state index contributed by atoms with van der Waals surface area (Å²) in [4.78, 5) is 28.4. The first-order chi connectivity index (χ1) is 16.4. The zero-order valence-electron chi connectivity index (χ0n) is 20.7. The summed E-state index contributed by atoms with van der Waals surface area (Å²) in [5, 5.41) is 5.35. The number of aryl methyl sites for hydroxylation is 1. The molecule has 0 spiro atoms. The smallest absolute Gasteiger partial charge is 0.242 e. The Kier molecular flexibility index (Phi) is 9.08. The normalized spacial score (nSPS) is 11.9. The first-order valence-corrected chi connectivity index (χ1v) is 12.1. The van der Waals surface area contributed by atoms with E-state index in [-0.39, 0.29) is 11.8 Å². The molecule has 0 heterocycles. The predicted molar refractivity (Wildman–Crippen MR) is 138 cm³/mol. The van der Waals surface area contributed by atoms with Gasteiger partial charge in [-0.1, -0.05) is 75.4 Å². The Morgan fingerprint density at radius 1 is 1.00 bits per heavy atom. The van der Waals surface area contributed by atoms with Gasteiger partial charge in [0.15, 0.2) is 0 Å². The Morgan fingerprint density at radius 2 is 1.74 bits per heavy atom. The maximum Gasteiger partial charge on any atom is 0.242 e. The van der Waals surface area contributed by atoms with Gasteiger partial charge in [-0.25, -0.2) is 0 Å². The highest BCUT2D eigenvalue weighted by molar-refractivity contribution is 5.89. The summed E-state index contributed by atoms with van der Waals surface area (Å²) in [6.07, 6.45) is 1.51. The van der Waals surface area contributed by atoms with Crippen molar-refractivity contribution in [3.63, 3.8) is 0 Å². The van der Waals surface area contributed by atoms with Crippen molar-refractivity contribution in [2.45, 2.75) is 52.6 Å². The van der Waals surface area contributed by atoms with Crippen LogP contribution in [0.1, 0.15) is 44.7 Å². The number of ether oxygens (including phenoxy) is 1. The van der Waals surface area contributed by atoms with Gasteiger partial charge in [-0.2, -0.15) is 0 Å². The monoisotopic (exact) mass is 460 g/mol. The number of nitrogens with zero attached hydrogens (tertiary/aromatic N) is 1. The molecule has 0 unspecified atom stereocenters. The standard InChI is InChI=1S/C29H36N2O3/c1-5-27(29(33)30-19-21(2)3)31(20-22-10-8-14-25(18-22)34-4)28(32)17-16-24-13-9-12-23-11-6-7-15-26(23)24/h6-15,18,21,27H,5,16-17,19-20H2,1-4H3,(H,30,33)/t27-/m0/s1. The van der Waals surface area contributed by atoms with Crippen LogP contribution < -0.4 is 10.1 Å². The van der Waals surface area contributed by atoms with Crippen LogP contribution in [0.2, 0.25) is 0 Å². The van der Waals surface area contributed by atoms with Gasteiger partial charge in [0.05, 0.1) is 7.11 Å². The van der Waals surface area contributed by atoms with Crippen molar-refractivity contribution in [3.05, 3.63) is 77.9 Å². The molecule has 5 nitrogen and oxygen atoms in total. The Bertz CT molecular complexity index is 1100. The summed E-state index contributed by atoms with van der Waals surface area (Å²) in [6.45, 7) is 7.02. The minimum absolute atomic E-state index is 0.0256. The zero-order valence-corrected chi connectivity index (χ0v) is 20.7. The third-order valence-electron chi connectivity index (χ3n) is 6.05. The van der Waals surface area contributed by atoms with E-state index in [0.717, 1.165) is 16.9 Å². The van der Waals surface area contributed by atoms with Gasteiger partial charge in [-0.3, -0.25) is 9.59 Å². The van der Waals surface area contributed by atoms with E-state index in [2.05, 4.69) is 43.4 Å². The van der Waals surface area contributed by atoms with Gasteiger partial charge in [0.2, 0.25) is 11.8 Å². The molecule has 0 saturated carbocycles. The Labute approximate surface area is 203 Å². The fourth-order valence-electron chi connectivity index (χ4n) is 4.21. The van der Waals surface area contributed by atoms with Gasteiger partial charge in [0.25, 0.3) is 0 Å². The van der Waals surface area contributed by atoms with E-state index in [0.29, 0.717) is 38.3 Å². The maximum atomic E-state index is 13.6. The topological polar surface area (TPSA) is 58.6 Å². The average molecular weight is 461 g/mol. The summed E-state index contributed by atoms with van der Waals surface area (Å²) in [7, 11) is 1.63. The zero-order chi connectivity index (χ0) is 24.5. The van der Waals surface area contributed by atoms with Crippen LogP contribution in [-0.2, 0) is 22.6 Å². The van der Waals surface area contributed by atoms with E-state index in [1.807, 2.05) is 49.4 Å². The molecule has 3 rings (SSSR count). The molecule has 3 aromatic rings. The number of nitrogens with one attached hydrogen (secondary N) is 1. The molecule has 0 saturated heterocycles. The van der Waals surface area contributed by atoms with Crippen molar-refractivity contribution in [3.8, 4) is 5.75 Å². The molecule has 0 bridgehead atoms. The highest BCUT2D eigenvalue weighted by Gasteiger charge is 2.28. The maximum absolute atomic E-state index is 13.6. The van der Waals surface area contributed by atoms with Crippen LogP contribution in [0.3, 0.4) is 0 Å². The molecule has 5 heteroatoms. The van der Waals surface area contributed by atoms with Crippen LogP contribution in [0.4, 0.5) is 0 Å². The minimum atomic E-state index is -0.523. The molecule has 0 aromatic heterocycles. The molecule has 34 heavy (non-hydrogen) atoms. The summed E-state index contributed by atoms with van der Waals surface area (Å²) >= 11 is 0. The molecule has 0 fully saturated rings. The van der Waals surface area contributed by atoms with Crippen molar-refractivity contribution < 1.29 is 14.3 Å². The number of hydrogen-bond donors (Lipinski definition) is 1. The second kappa shape index (κ2) is 12.2. The van der Waals surface area contributed by atoms with Gasteiger partial charge in [-0.15, -0.1) is 0 Å². The average Bonchev–Trinajstić information content (AvgIpc) is 2.85. The van der Waals surface area contributed by atoms with E-state index >= 15 is 0 Å². The summed E-state index contributed by atoms with van der Waals surface area (Å²) in [6, 6.07) is 21.6. The Hall–Kier alpha value is -3.34. The lowest BCUT2D eigenvalue weighted by atomic mass is 10.00. The van der Waals surface area contributed by atoms with Gasteiger partial charge in [0.1, 0.15) is 11.8 Å². The molecule has 0 aliphatic heterocycles. The number of amides is 2. The minimum Gasteiger partial charge on any atom is -0.497 e. The van der Waals surface area contributed by atoms with Gasteiger partial charge in [0, 0.05) is 19.5 Å². The summed E-state index contributed by atoms with van der Waals surface area (Å²) < 4.78 is 5.36. The first-order valence-electron chi connectivity index (χ1n) is 12.1. The molecule has 180 valence electrons. The van der Waals surface area contributed by atoms with Crippen LogP contribution >= 0.6 is 0 Å². The molecule has 0 aliphatic rings. The number of hydrogen-bond acceptors (Lipinski definition) is 3. The van der Waals surface area contributed by atoms with E-state index in [9.17, 15) is 9.59 Å². The van der Waals surface area contributed by atoms with Crippen LogP contribution in [0.25, 0.3) is 10.8 Å². The second-order valence-corrected chi connectivity index (χ2v) is 9.07. The predicted octanol–water partition coefficient (Wildman–Crippen LogP) is 5.36. The van der Waals surface area contributed by atoms with Gasteiger partial charge in [-0.05, 0) is 52.8 Å². The number of methoxy groups -OCH3 is 1. The Balaban J connectivity index is 1.83. The van der Waals surface area contributed by atoms with E-state index in [4.69, 9.17) is 4.74 Å². The van der Waals surface area contributed by atoms with E-state index in [1.165, 1.54) is 10.8 Å². The van der Waals surface area contributed by atoms with Crippen molar-refractivity contribution in [2.75, 3.05) is 13.7 Å². The number of carbonyl (C=O) groups excluding carboxylic acids is 2. The highest BCUT2D eigenvalue weighted by atomic mass is 16.5. The fraction of sp³-hybridized carbons (Fsp3) is 0.379. The largest absolute Gasteiger partial charge is 0.497 e. The van der Waals surface area contributed by atoms with Crippen molar-refractivity contribution in [1.29, 1.82) is 0 Å². The lowest BCUT2D eigenvalue weighted by Crippen LogP contribution is -2.49. The molecule has 1 atom stereocenters. The number of rotatable bonds is 11. The summed E-state index contributed by atoms with van der Waals surface area (Å²) in [5.74, 6) is 0.952. The number of benzene rings is 3. The van der Waals surface area contributed by atoms with Gasteiger partial charge < -0.3 is 15.0 Å². The van der Waals surface area contributed by atoms with Crippen LogP contribution in [0.15, 0.2) is 66.7 Å². The number of fused-ring (bicyclic) bond motifs is 1. The second-order valence-electron chi connectivity index (χ2n) is 9.07. The molecule has 2 amide bonds. The molecular formula is C29H36N2O3. The lowest BCUT2D eigenvalue weighted by molar-refractivity contribution is -0.141. The van der Waals surface area contributed by atoms with Crippen LogP contribution in [0, 0.1) is 5.92 Å². The molecule has 0 aliphatic carbocycles.